The van der Waals surface area contributed by atoms with E-state index in [0.29, 0.717) is 12.2 Å². The highest BCUT2D eigenvalue weighted by Gasteiger charge is 2.34. The Morgan fingerprint density at radius 2 is 1.84 bits per heavy atom. The number of hydrogen-bond acceptors (Lipinski definition) is 4. The van der Waals surface area contributed by atoms with Crippen molar-refractivity contribution in [3.8, 4) is 5.88 Å². The molecule has 2 heterocycles. The summed E-state index contributed by atoms with van der Waals surface area (Å²) < 4.78 is 11.8. The van der Waals surface area contributed by atoms with Crippen LogP contribution in [-0.4, -0.2) is 36.4 Å². The molecule has 5 heteroatoms. The molecule has 1 N–H and O–H groups in total. The van der Waals surface area contributed by atoms with Crippen molar-refractivity contribution in [2.75, 3.05) is 13.1 Å². The molecule has 0 spiro atoms. The van der Waals surface area contributed by atoms with E-state index >= 15 is 0 Å². The minimum Gasteiger partial charge on any atom is -0.474 e. The van der Waals surface area contributed by atoms with Crippen molar-refractivity contribution >= 4 is 12.4 Å². The highest BCUT2D eigenvalue weighted by molar-refractivity contribution is 5.85. The Labute approximate surface area is 120 Å². The van der Waals surface area contributed by atoms with Gasteiger partial charge < -0.3 is 14.8 Å². The third-order valence-corrected chi connectivity index (χ3v) is 3.65. The number of rotatable bonds is 4. The Morgan fingerprint density at radius 3 is 2.53 bits per heavy atom. The highest BCUT2D eigenvalue weighted by Crippen LogP contribution is 2.29. The van der Waals surface area contributed by atoms with Crippen molar-refractivity contribution < 1.29 is 9.47 Å². The molecular formula is C14H21ClN2O2. The lowest BCUT2D eigenvalue weighted by Crippen LogP contribution is -2.43. The molecule has 0 amide bonds. The molecular weight excluding hydrogens is 264 g/mol. The average molecular weight is 285 g/mol. The highest BCUT2D eigenvalue weighted by atomic mass is 35.5. The van der Waals surface area contributed by atoms with Crippen molar-refractivity contribution in [1.29, 1.82) is 0 Å². The van der Waals surface area contributed by atoms with Crippen LogP contribution in [-0.2, 0) is 4.74 Å². The molecule has 0 bridgehead atoms. The van der Waals surface area contributed by atoms with E-state index in [4.69, 9.17) is 9.47 Å². The van der Waals surface area contributed by atoms with Gasteiger partial charge in [0.1, 0.15) is 6.10 Å². The van der Waals surface area contributed by atoms with Gasteiger partial charge in [0, 0.05) is 25.1 Å². The fourth-order valence-electron chi connectivity index (χ4n) is 2.52. The number of ether oxygens (including phenoxy) is 2. The lowest BCUT2D eigenvalue weighted by Gasteiger charge is -2.38. The molecule has 3 rings (SSSR count). The fraction of sp³-hybridized carbons (Fsp3) is 0.643. The van der Waals surface area contributed by atoms with E-state index < -0.39 is 0 Å². The number of halogens is 1. The van der Waals surface area contributed by atoms with Crippen LogP contribution in [0.5, 0.6) is 5.88 Å². The Kier molecular flexibility index (Phi) is 5.43. The molecule has 0 radical (unpaired) electrons. The molecule has 1 aromatic rings. The van der Waals surface area contributed by atoms with Crippen LogP contribution in [0.25, 0.3) is 0 Å². The number of aromatic nitrogens is 1. The van der Waals surface area contributed by atoms with Crippen LogP contribution in [0.2, 0.25) is 0 Å². The van der Waals surface area contributed by atoms with Gasteiger partial charge in [-0.15, -0.1) is 12.4 Å². The lowest BCUT2D eigenvalue weighted by molar-refractivity contribution is -0.103. The lowest BCUT2D eigenvalue weighted by atomic mass is 9.91. The minimum absolute atomic E-state index is 0. The van der Waals surface area contributed by atoms with Crippen LogP contribution in [0.4, 0.5) is 0 Å². The number of piperidine rings is 1. The first-order chi connectivity index (χ1) is 8.90. The Bertz CT molecular complexity index is 365. The average Bonchev–Trinajstić information content (AvgIpc) is 2.39. The fourth-order valence-corrected chi connectivity index (χ4v) is 2.52. The standard InChI is InChI=1S/C14H20N2O2.ClH/c1-2-6-16-14(3-1)18-13-9-12(10-13)17-11-4-7-15-8-5-11;/h1-3,6,11-13,15H,4-5,7-10H2;1H. The maximum atomic E-state index is 6.05. The van der Waals surface area contributed by atoms with Crippen LogP contribution in [0.3, 0.4) is 0 Å². The Balaban J connectivity index is 0.00000133. The van der Waals surface area contributed by atoms with Gasteiger partial charge in [-0.05, 0) is 32.0 Å². The van der Waals surface area contributed by atoms with Gasteiger partial charge in [0.15, 0.2) is 0 Å². The van der Waals surface area contributed by atoms with Gasteiger partial charge in [0.2, 0.25) is 5.88 Å². The van der Waals surface area contributed by atoms with Crippen molar-refractivity contribution in [3.05, 3.63) is 24.4 Å². The van der Waals surface area contributed by atoms with Gasteiger partial charge in [-0.25, -0.2) is 4.98 Å². The number of pyridine rings is 1. The maximum absolute atomic E-state index is 6.05. The first-order valence-corrected chi connectivity index (χ1v) is 6.84. The Hall–Kier alpha value is -0.840. The zero-order valence-electron chi connectivity index (χ0n) is 11.0. The van der Waals surface area contributed by atoms with Crippen LogP contribution < -0.4 is 10.1 Å². The SMILES string of the molecule is Cl.c1ccc(OC2CC(OC3CCNCC3)C2)nc1. The summed E-state index contributed by atoms with van der Waals surface area (Å²) in [6.45, 7) is 2.18. The molecule has 2 aliphatic rings. The van der Waals surface area contributed by atoms with E-state index in [1.807, 2.05) is 18.2 Å². The van der Waals surface area contributed by atoms with E-state index in [0.717, 1.165) is 44.7 Å². The molecule has 0 unspecified atom stereocenters. The van der Waals surface area contributed by atoms with Gasteiger partial charge in [0.05, 0.1) is 12.2 Å². The van der Waals surface area contributed by atoms with Crippen molar-refractivity contribution in [2.45, 2.75) is 44.0 Å². The predicted octanol–water partition coefficient (Wildman–Crippen LogP) is 2.18. The van der Waals surface area contributed by atoms with E-state index in [1.165, 1.54) is 0 Å². The van der Waals surface area contributed by atoms with Crippen LogP contribution in [0.1, 0.15) is 25.7 Å². The molecule has 0 atom stereocenters. The summed E-state index contributed by atoms with van der Waals surface area (Å²) in [5, 5.41) is 3.35. The predicted molar refractivity (Wildman–Crippen MR) is 75.9 cm³/mol. The normalized spacial score (nSPS) is 27.2. The van der Waals surface area contributed by atoms with Gasteiger partial charge in [0.25, 0.3) is 0 Å². The van der Waals surface area contributed by atoms with Crippen molar-refractivity contribution in [3.63, 3.8) is 0 Å². The first kappa shape index (κ1) is 14.6. The molecule has 1 aromatic heterocycles. The van der Waals surface area contributed by atoms with Crippen LogP contribution in [0, 0.1) is 0 Å². The summed E-state index contributed by atoms with van der Waals surface area (Å²) in [7, 11) is 0. The van der Waals surface area contributed by atoms with Crippen LogP contribution >= 0.6 is 12.4 Å². The Morgan fingerprint density at radius 1 is 1.05 bits per heavy atom. The topological polar surface area (TPSA) is 43.4 Å². The first-order valence-electron chi connectivity index (χ1n) is 6.84. The molecule has 1 saturated heterocycles. The minimum atomic E-state index is 0. The van der Waals surface area contributed by atoms with Gasteiger partial charge >= 0.3 is 0 Å². The molecule has 106 valence electrons. The summed E-state index contributed by atoms with van der Waals surface area (Å²) in [4.78, 5) is 4.17. The van der Waals surface area contributed by atoms with Gasteiger partial charge in [-0.3, -0.25) is 0 Å². The molecule has 0 aromatic carbocycles. The zero-order valence-corrected chi connectivity index (χ0v) is 11.8. The smallest absolute Gasteiger partial charge is 0.213 e. The molecule has 1 aliphatic heterocycles. The van der Waals surface area contributed by atoms with E-state index in [9.17, 15) is 0 Å². The molecule has 1 aliphatic carbocycles. The van der Waals surface area contributed by atoms with Crippen molar-refractivity contribution in [2.24, 2.45) is 0 Å². The number of nitrogens with one attached hydrogen (secondary N) is 1. The third kappa shape index (κ3) is 4.06. The number of hydrogen-bond donors (Lipinski definition) is 1. The monoisotopic (exact) mass is 284 g/mol. The second-order valence-corrected chi connectivity index (χ2v) is 5.09. The summed E-state index contributed by atoms with van der Waals surface area (Å²) in [5.41, 5.74) is 0. The van der Waals surface area contributed by atoms with Crippen LogP contribution in [0.15, 0.2) is 24.4 Å². The second-order valence-electron chi connectivity index (χ2n) is 5.09. The molecule has 1 saturated carbocycles. The maximum Gasteiger partial charge on any atom is 0.213 e. The van der Waals surface area contributed by atoms with E-state index in [2.05, 4.69) is 10.3 Å². The second kappa shape index (κ2) is 7.08. The van der Waals surface area contributed by atoms with Gasteiger partial charge in [-0.1, -0.05) is 6.07 Å². The summed E-state index contributed by atoms with van der Waals surface area (Å²) >= 11 is 0. The molecule has 2 fully saturated rings. The quantitative estimate of drug-likeness (QED) is 0.920. The number of nitrogens with zero attached hydrogens (tertiary/aromatic N) is 1. The van der Waals surface area contributed by atoms with E-state index in [1.54, 1.807) is 6.20 Å². The summed E-state index contributed by atoms with van der Waals surface area (Å²) in [6, 6.07) is 5.75. The summed E-state index contributed by atoms with van der Waals surface area (Å²) in [5.74, 6) is 0.725. The summed E-state index contributed by atoms with van der Waals surface area (Å²) in [6.07, 6.45) is 7.17. The zero-order chi connectivity index (χ0) is 12.2. The molecule has 4 nitrogen and oxygen atoms in total. The van der Waals surface area contributed by atoms with E-state index in [-0.39, 0.29) is 18.5 Å². The third-order valence-electron chi connectivity index (χ3n) is 3.65. The van der Waals surface area contributed by atoms with Crippen molar-refractivity contribution in [1.82, 2.24) is 10.3 Å². The van der Waals surface area contributed by atoms with Gasteiger partial charge in [-0.2, -0.15) is 0 Å². The molecule has 19 heavy (non-hydrogen) atoms. The largest absolute Gasteiger partial charge is 0.474 e.